The molecule has 0 saturated heterocycles. The summed E-state index contributed by atoms with van der Waals surface area (Å²) < 4.78 is 53.1. The maximum atomic E-state index is 13.4. The normalized spacial score (nSPS) is 18.0. The lowest BCUT2D eigenvalue weighted by Gasteiger charge is -2.30. The molecule has 1 heterocycles. The van der Waals surface area contributed by atoms with Crippen LogP contribution in [0.25, 0.3) is 11.4 Å². The van der Waals surface area contributed by atoms with Gasteiger partial charge in [-0.05, 0) is 43.3 Å². The van der Waals surface area contributed by atoms with E-state index in [9.17, 15) is 17.2 Å². The van der Waals surface area contributed by atoms with E-state index >= 15 is 0 Å². The highest BCUT2D eigenvalue weighted by atomic mass is 32.2. The summed E-state index contributed by atoms with van der Waals surface area (Å²) in [6, 6.07) is 4.37. The Hall–Kier alpha value is -2.14. The number of benzene rings is 1. The minimum atomic E-state index is -3.65. The zero-order valence-electron chi connectivity index (χ0n) is 14.4. The summed E-state index contributed by atoms with van der Waals surface area (Å²) in [6.07, 6.45) is 0.318. The van der Waals surface area contributed by atoms with E-state index in [0.29, 0.717) is 24.1 Å². The SMILES string of the molecule is CNS(=O)(=O)c1ccc(NC2CCC(F)(F)CC2)c(-c2nnn(C)n2)c1. The topological polar surface area (TPSA) is 102 Å². The summed E-state index contributed by atoms with van der Waals surface area (Å²) in [5.74, 6) is -2.36. The van der Waals surface area contributed by atoms with Gasteiger partial charge in [-0.25, -0.2) is 21.9 Å². The van der Waals surface area contributed by atoms with Gasteiger partial charge >= 0.3 is 0 Å². The lowest BCUT2D eigenvalue weighted by atomic mass is 9.92. The van der Waals surface area contributed by atoms with Gasteiger partial charge in [-0.2, -0.15) is 4.80 Å². The summed E-state index contributed by atoms with van der Waals surface area (Å²) in [6.45, 7) is 0. The van der Waals surface area contributed by atoms with Crippen molar-refractivity contribution in [3.8, 4) is 11.4 Å². The molecule has 0 radical (unpaired) electrons. The Morgan fingerprint density at radius 2 is 1.96 bits per heavy atom. The number of aromatic nitrogens is 4. The van der Waals surface area contributed by atoms with Gasteiger partial charge < -0.3 is 5.32 Å². The number of aryl methyl sites for hydroxylation is 1. The van der Waals surface area contributed by atoms with Gasteiger partial charge in [0, 0.05) is 30.1 Å². The molecule has 0 unspecified atom stereocenters. The standard InChI is InChI=1S/C15H20F2N6O2S/c1-18-26(24,25)11-3-4-13(12(9-11)14-20-22-23(2)21-14)19-10-5-7-15(16,17)8-6-10/h3-4,9-10,18-19H,5-8H2,1-2H3. The molecule has 142 valence electrons. The number of hydrogen-bond donors (Lipinski definition) is 2. The summed E-state index contributed by atoms with van der Waals surface area (Å²) in [5.41, 5.74) is 1.04. The first-order valence-corrected chi connectivity index (χ1v) is 9.65. The second-order valence-corrected chi connectivity index (χ2v) is 8.18. The number of anilines is 1. The fraction of sp³-hybridized carbons (Fsp3) is 0.533. The molecule has 11 heteroatoms. The number of halogens is 2. The molecule has 0 aliphatic heterocycles. The summed E-state index contributed by atoms with van der Waals surface area (Å²) in [7, 11) is -0.725. The third kappa shape index (κ3) is 3.98. The van der Waals surface area contributed by atoms with Gasteiger partial charge in [-0.1, -0.05) is 0 Å². The van der Waals surface area contributed by atoms with Crippen LogP contribution in [-0.4, -0.2) is 47.6 Å². The largest absolute Gasteiger partial charge is 0.382 e. The summed E-state index contributed by atoms with van der Waals surface area (Å²) >= 11 is 0. The smallest absolute Gasteiger partial charge is 0.248 e. The molecule has 1 fully saturated rings. The highest BCUT2D eigenvalue weighted by Gasteiger charge is 2.35. The molecule has 8 nitrogen and oxygen atoms in total. The van der Waals surface area contributed by atoms with Crippen molar-refractivity contribution in [3.63, 3.8) is 0 Å². The highest BCUT2D eigenvalue weighted by Crippen LogP contribution is 2.36. The summed E-state index contributed by atoms with van der Waals surface area (Å²) in [4.78, 5) is 1.32. The fourth-order valence-corrected chi connectivity index (χ4v) is 3.67. The van der Waals surface area contributed by atoms with Crippen molar-refractivity contribution >= 4 is 15.7 Å². The average Bonchev–Trinajstić information content (AvgIpc) is 3.03. The molecule has 26 heavy (non-hydrogen) atoms. The van der Waals surface area contributed by atoms with Crippen LogP contribution in [0, 0.1) is 0 Å². The fourth-order valence-electron chi connectivity index (χ4n) is 2.92. The minimum absolute atomic E-state index is 0.0585. The van der Waals surface area contributed by atoms with E-state index in [1.54, 1.807) is 13.1 Å². The molecule has 2 N–H and O–H groups in total. The van der Waals surface area contributed by atoms with Crippen LogP contribution in [0.1, 0.15) is 25.7 Å². The van der Waals surface area contributed by atoms with Crippen LogP contribution >= 0.6 is 0 Å². The van der Waals surface area contributed by atoms with E-state index in [4.69, 9.17) is 0 Å². The molecule has 1 aliphatic rings. The minimum Gasteiger partial charge on any atom is -0.382 e. The number of sulfonamides is 1. The zero-order chi connectivity index (χ0) is 18.9. The quantitative estimate of drug-likeness (QED) is 0.812. The number of tetrazole rings is 1. The van der Waals surface area contributed by atoms with Gasteiger partial charge in [0.05, 0.1) is 11.9 Å². The lowest BCUT2D eigenvalue weighted by molar-refractivity contribution is -0.0360. The molecule has 2 aromatic rings. The third-order valence-corrected chi connectivity index (χ3v) is 5.81. The zero-order valence-corrected chi connectivity index (χ0v) is 15.2. The van der Waals surface area contributed by atoms with Crippen LogP contribution in [0.5, 0.6) is 0 Å². The van der Waals surface area contributed by atoms with Crippen molar-refractivity contribution in [3.05, 3.63) is 18.2 Å². The Morgan fingerprint density at radius 3 is 2.54 bits per heavy atom. The Kier molecular flexibility index (Phi) is 4.93. The van der Waals surface area contributed by atoms with Crippen LogP contribution in [0.2, 0.25) is 0 Å². The van der Waals surface area contributed by atoms with Crippen molar-refractivity contribution in [2.45, 2.75) is 42.5 Å². The number of nitrogens with zero attached hydrogens (tertiary/aromatic N) is 4. The number of rotatable bonds is 5. The first-order chi connectivity index (χ1) is 12.2. The monoisotopic (exact) mass is 386 g/mol. The van der Waals surface area contributed by atoms with Gasteiger partial charge in [-0.3, -0.25) is 0 Å². The van der Waals surface area contributed by atoms with Gasteiger partial charge in [-0.15, -0.1) is 10.2 Å². The highest BCUT2D eigenvalue weighted by molar-refractivity contribution is 7.89. The van der Waals surface area contributed by atoms with E-state index < -0.39 is 15.9 Å². The average molecular weight is 386 g/mol. The van der Waals surface area contributed by atoms with E-state index in [1.165, 1.54) is 24.0 Å². The van der Waals surface area contributed by atoms with E-state index in [-0.39, 0.29) is 29.6 Å². The predicted molar refractivity (Wildman–Crippen MR) is 91.3 cm³/mol. The van der Waals surface area contributed by atoms with Crippen LogP contribution in [0.4, 0.5) is 14.5 Å². The van der Waals surface area contributed by atoms with Crippen LogP contribution in [0.3, 0.4) is 0 Å². The van der Waals surface area contributed by atoms with E-state index in [0.717, 1.165) is 0 Å². The van der Waals surface area contributed by atoms with Gasteiger partial charge in [0.2, 0.25) is 21.8 Å². The number of nitrogens with one attached hydrogen (secondary N) is 2. The van der Waals surface area contributed by atoms with E-state index in [2.05, 4.69) is 25.4 Å². The van der Waals surface area contributed by atoms with Crippen molar-refractivity contribution < 1.29 is 17.2 Å². The molecule has 1 aromatic carbocycles. The Morgan fingerprint density at radius 1 is 1.27 bits per heavy atom. The van der Waals surface area contributed by atoms with Crippen LogP contribution in [0.15, 0.2) is 23.1 Å². The van der Waals surface area contributed by atoms with Crippen LogP contribution < -0.4 is 10.0 Å². The Labute approximate surface area is 150 Å². The molecule has 0 spiro atoms. The molecule has 0 amide bonds. The molecule has 1 saturated carbocycles. The second-order valence-electron chi connectivity index (χ2n) is 6.29. The van der Waals surface area contributed by atoms with Gasteiger partial charge in [0.1, 0.15) is 0 Å². The number of hydrogen-bond acceptors (Lipinski definition) is 6. The maximum absolute atomic E-state index is 13.4. The first kappa shape index (κ1) is 18.6. The lowest BCUT2D eigenvalue weighted by Crippen LogP contribution is -2.32. The predicted octanol–water partition coefficient (Wildman–Crippen LogP) is 1.77. The molecule has 3 rings (SSSR count). The second kappa shape index (κ2) is 6.88. The van der Waals surface area contributed by atoms with Crippen molar-refractivity contribution in [2.75, 3.05) is 12.4 Å². The maximum Gasteiger partial charge on any atom is 0.248 e. The Balaban J connectivity index is 1.94. The first-order valence-electron chi connectivity index (χ1n) is 8.16. The van der Waals surface area contributed by atoms with Crippen molar-refractivity contribution in [2.24, 2.45) is 7.05 Å². The summed E-state index contributed by atoms with van der Waals surface area (Å²) in [5, 5.41) is 15.1. The van der Waals surface area contributed by atoms with E-state index in [1.807, 2.05) is 0 Å². The molecular formula is C15H20F2N6O2S. The van der Waals surface area contributed by atoms with Crippen molar-refractivity contribution in [1.29, 1.82) is 0 Å². The van der Waals surface area contributed by atoms with Gasteiger partial charge in [0.15, 0.2) is 0 Å². The molecule has 0 atom stereocenters. The van der Waals surface area contributed by atoms with Gasteiger partial charge in [0.25, 0.3) is 0 Å². The molecule has 1 aromatic heterocycles. The molecule has 0 bridgehead atoms. The van der Waals surface area contributed by atoms with Crippen LogP contribution in [-0.2, 0) is 17.1 Å². The van der Waals surface area contributed by atoms with Crippen molar-refractivity contribution in [1.82, 2.24) is 24.9 Å². The Bertz CT molecular complexity index is 889. The molecular weight excluding hydrogens is 366 g/mol. The molecule has 1 aliphatic carbocycles. The number of alkyl halides is 2. The third-order valence-electron chi connectivity index (χ3n) is 4.40.